The molecular formula is C30H32ClF3KN7O2. The van der Waals surface area contributed by atoms with E-state index in [2.05, 4.69) is 27.6 Å². The van der Waals surface area contributed by atoms with Crippen LogP contribution >= 0.6 is 11.6 Å². The van der Waals surface area contributed by atoms with Gasteiger partial charge in [0.1, 0.15) is 17.8 Å². The van der Waals surface area contributed by atoms with Crippen molar-refractivity contribution < 1.29 is 74.1 Å². The molecule has 1 fully saturated rings. The van der Waals surface area contributed by atoms with Gasteiger partial charge in [-0.2, -0.15) is 13.2 Å². The normalized spacial score (nSPS) is 13.9. The van der Waals surface area contributed by atoms with Crippen LogP contribution in [0.25, 0.3) is 5.32 Å². The zero-order chi connectivity index (χ0) is 31.9. The number of rotatable bonds is 6. The Kier molecular flexibility index (Phi) is 14.0. The van der Waals surface area contributed by atoms with Crippen molar-refractivity contribution in [2.45, 2.75) is 38.9 Å². The summed E-state index contributed by atoms with van der Waals surface area (Å²) in [6.45, 7) is 5.12. The predicted octanol–water partition coefficient (Wildman–Crippen LogP) is 2.91. The topological polar surface area (TPSA) is 131 Å². The fourth-order valence-corrected chi connectivity index (χ4v) is 4.72. The second-order valence-corrected chi connectivity index (χ2v) is 10.1. The van der Waals surface area contributed by atoms with Gasteiger partial charge in [-0.25, -0.2) is 5.10 Å². The molecule has 0 bridgehead atoms. The summed E-state index contributed by atoms with van der Waals surface area (Å²) < 4.78 is 38.3. The van der Waals surface area contributed by atoms with Crippen LogP contribution in [0.4, 0.5) is 24.7 Å². The van der Waals surface area contributed by atoms with E-state index in [1.807, 2.05) is 44.0 Å². The molecule has 44 heavy (non-hydrogen) atoms. The summed E-state index contributed by atoms with van der Waals surface area (Å²) in [5.41, 5.74) is 8.60. The van der Waals surface area contributed by atoms with Gasteiger partial charge in [0.05, 0.1) is 16.1 Å². The summed E-state index contributed by atoms with van der Waals surface area (Å²) in [5, 5.41) is 19.8. The summed E-state index contributed by atoms with van der Waals surface area (Å²) in [6, 6.07) is 8.96. The summed E-state index contributed by atoms with van der Waals surface area (Å²) in [5.74, 6) is 6.80. The number of nitrogens with one attached hydrogen (secondary N) is 2. The summed E-state index contributed by atoms with van der Waals surface area (Å²) in [4.78, 5) is 24.1. The Morgan fingerprint density at radius 1 is 1.27 bits per heavy atom. The van der Waals surface area contributed by atoms with E-state index in [-0.39, 0.29) is 74.7 Å². The number of likely N-dealkylation sites (tertiary alicyclic amines) is 1. The number of aromatic nitrogens is 2. The van der Waals surface area contributed by atoms with E-state index >= 15 is 0 Å². The standard InChI is InChI=1S/C22H28N7O.C8H4ClF3O.K/c1-5-19(30)28-11-10-17(13-28)29-22(26-4)20(21(23)24)18(27-29)9-7-15-12-16(25-3)8-6-14(15)2;9-7-2-1-5(4-13)3-6(7)8(10,11)12;/h6,8,12,17,25H,5,10-11,13H2,1-4H3,(H3-,23,24,26,27);1-4H;/q-1;;+1. The number of amidine groups is 1. The molecule has 0 radical (unpaired) electrons. The SMILES string of the molecule is CCC(=O)N1CCC(n2nc(C#Cc3cc(NC)ccc3C)c(C(=N)N)c2[N-]C)C1.O=Cc1ccc(Cl)c(C(F)(F)F)c1.[K+]. The average Bonchev–Trinajstić information content (AvgIpc) is 3.61. The van der Waals surface area contributed by atoms with Gasteiger partial charge in [-0.05, 0) is 54.9 Å². The van der Waals surface area contributed by atoms with Crippen molar-refractivity contribution in [2.75, 3.05) is 32.5 Å². The minimum atomic E-state index is -4.52. The molecule has 0 spiro atoms. The minimum Gasteiger partial charge on any atom is -0.467 e. The van der Waals surface area contributed by atoms with Gasteiger partial charge in [0, 0.05) is 49.4 Å². The van der Waals surface area contributed by atoms with E-state index in [0.29, 0.717) is 42.9 Å². The molecule has 2 aromatic carbocycles. The molecule has 1 unspecified atom stereocenters. The Labute approximate surface area is 302 Å². The first-order valence-electron chi connectivity index (χ1n) is 13.3. The molecule has 1 saturated heterocycles. The molecule has 0 saturated carbocycles. The number of hydrogen-bond acceptors (Lipinski definition) is 5. The second kappa shape index (κ2) is 16.4. The van der Waals surface area contributed by atoms with E-state index in [4.69, 9.17) is 22.7 Å². The maximum absolute atomic E-state index is 12.2. The molecule has 1 aromatic heterocycles. The van der Waals surface area contributed by atoms with Gasteiger partial charge < -0.3 is 25.9 Å². The molecule has 1 amide bonds. The van der Waals surface area contributed by atoms with Crippen LogP contribution < -0.4 is 62.4 Å². The largest absolute Gasteiger partial charge is 1.00 e. The van der Waals surface area contributed by atoms with E-state index in [0.717, 1.165) is 35.4 Å². The monoisotopic (exact) mass is 653 g/mol. The van der Waals surface area contributed by atoms with Crippen molar-refractivity contribution in [3.05, 3.63) is 80.2 Å². The molecule has 4 N–H and O–H groups in total. The first-order chi connectivity index (χ1) is 20.3. The Morgan fingerprint density at radius 3 is 2.55 bits per heavy atom. The maximum atomic E-state index is 12.2. The second-order valence-electron chi connectivity index (χ2n) is 9.65. The van der Waals surface area contributed by atoms with Crippen LogP contribution in [0, 0.1) is 24.2 Å². The van der Waals surface area contributed by atoms with Gasteiger partial charge in [0.2, 0.25) is 5.91 Å². The maximum Gasteiger partial charge on any atom is 1.00 e. The molecule has 1 aliphatic heterocycles. The summed E-state index contributed by atoms with van der Waals surface area (Å²) in [6.07, 6.45) is -2.91. The Balaban J connectivity index is 0.000000406. The predicted molar refractivity (Wildman–Crippen MR) is 161 cm³/mol. The number of nitrogen functional groups attached to an aromatic ring is 1. The molecular weight excluding hydrogens is 622 g/mol. The first-order valence-corrected chi connectivity index (χ1v) is 13.7. The van der Waals surface area contributed by atoms with Crippen molar-refractivity contribution in [1.82, 2.24) is 14.7 Å². The smallest absolute Gasteiger partial charge is 0.467 e. The molecule has 1 atom stereocenters. The van der Waals surface area contributed by atoms with Crippen LogP contribution in [0.15, 0.2) is 36.4 Å². The number of aryl methyl sites for hydroxylation is 1. The van der Waals surface area contributed by atoms with Gasteiger partial charge in [-0.15, -0.1) is 0 Å². The molecule has 2 heterocycles. The molecule has 1 aliphatic rings. The molecule has 0 aliphatic carbocycles. The number of carbonyl (C=O) groups excluding carboxylic acids is 2. The third kappa shape index (κ3) is 9.09. The quantitative estimate of drug-likeness (QED) is 0.124. The zero-order valence-corrected chi connectivity index (χ0v) is 29.0. The van der Waals surface area contributed by atoms with E-state index in [9.17, 15) is 22.8 Å². The van der Waals surface area contributed by atoms with Crippen molar-refractivity contribution in [1.29, 1.82) is 5.41 Å². The van der Waals surface area contributed by atoms with Gasteiger partial charge in [0.25, 0.3) is 0 Å². The Morgan fingerprint density at radius 2 is 1.98 bits per heavy atom. The number of aldehydes is 1. The van der Waals surface area contributed by atoms with Crippen LogP contribution in [0.1, 0.15) is 64.1 Å². The van der Waals surface area contributed by atoms with E-state index in [1.54, 1.807) is 11.7 Å². The fraction of sp³-hybridized carbons (Fsp3) is 0.333. The van der Waals surface area contributed by atoms with Crippen LogP contribution in [0.2, 0.25) is 5.02 Å². The first kappa shape index (κ1) is 37.3. The fourth-order valence-electron chi connectivity index (χ4n) is 4.49. The van der Waals surface area contributed by atoms with Crippen molar-refractivity contribution >= 4 is 41.1 Å². The average molecular weight is 654 g/mol. The van der Waals surface area contributed by atoms with Gasteiger partial charge in [-0.3, -0.25) is 15.0 Å². The molecule has 3 aromatic rings. The van der Waals surface area contributed by atoms with Crippen LogP contribution in [0.3, 0.4) is 0 Å². The third-order valence-corrected chi connectivity index (χ3v) is 7.13. The molecule has 14 heteroatoms. The van der Waals surface area contributed by atoms with Crippen LogP contribution in [-0.4, -0.2) is 59.9 Å². The van der Waals surface area contributed by atoms with Crippen molar-refractivity contribution in [3.63, 3.8) is 0 Å². The van der Waals surface area contributed by atoms with Gasteiger partial charge in [-0.1, -0.05) is 43.6 Å². The van der Waals surface area contributed by atoms with Crippen LogP contribution in [-0.2, 0) is 11.0 Å². The Bertz CT molecular complexity index is 1580. The van der Waals surface area contributed by atoms with Crippen molar-refractivity contribution in [3.8, 4) is 11.8 Å². The number of alkyl halides is 3. The van der Waals surface area contributed by atoms with Gasteiger partial charge in [0.15, 0.2) is 0 Å². The number of nitrogens with zero attached hydrogens (tertiary/aromatic N) is 4. The number of anilines is 1. The molecule has 228 valence electrons. The molecule has 9 nitrogen and oxygen atoms in total. The number of amides is 1. The number of hydrogen-bond donors (Lipinski definition) is 3. The summed E-state index contributed by atoms with van der Waals surface area (Å²) in [7, 11) is 3.52. The minimum absolute atomic E-state index is 0. The van der Waals surface area contributed by atoms with E-state index in [1.165, 1.54) is 6.07 Å². The number of nitrogens with two attached hydrogens (primary N) is 1. The number of benzene rings is 2. The van der Waals surface area contributed by atoms with Gasteiger partial charge >= 0.3 is 57.6 Å². The number of carbonyl (C=O) groups is 2. The van der Waals surface area contributed by atoms with Crippen LogP contribution in [0.5, 0.6) is 0 Å². The molecule has 4 rings (SSSR count). The Hall–Kier alpha value is -2.86. The van der Waals surface area contributed by atoms with E-state index < -0.39 is 16.8 Å². The summed E-state index contributed by atoms with van der Waals surface area (Å²) >= 11 is 5.30. The zero-order valence-electron chi connectivity index (χ0n) is 25.1. The van der Waals surface area contributed by atoms with Crippen molar-refractivity contribution in [2.24, 2.45) is 5.73 Å². The number of halogens is 4. The third-order valence-electron chi connectivity index (χ3n) is 6.80.